The standard InChI is InChI=1S/C11H18N2/c1-5-10(8-13-6-2)11(12)7-9(3)4/h2,8-9H,5,7,12H2,1,3-4H3/b11-10+,13-8-. The zero-order chi connectivity index (χ0) is 10.3. The zero-order valence-electron chi connectivity index (χ0n) is 8.67. The van der Waals surface area contributed by atoms with E-state index in [1.165, 1.54) is 0 Å². The fraction of sp³-hybridized carbons (Fsp3) is 0.545. The van der Waals surface area contributed by atoms with Crippen LogP contribution in [0.3, 0.4) is 0 Å². The molecule has 0 fully saturated rings. The predicted octanol–water partition coefficient (Wildman–Crippen LogP) is 2.32. The van der Waals surface area contributed by atoms with Crippen molar-refractivity contribution in [3.05, 3.63) is 11.3 Å². The number of nitrogens with zero attached hydrogens (tertiary/aromatic N) is 1. The summed E-state index contributed by atoms with van der Waals surface area (Å²) in [4.78, 5) is 3.74. The van der Waals surface area contributed by atoms with Crippen LogP contribution in [0.15, 0.2) is 16.3 Å². The molecule has 0 aliphatic heterocycles. The van der Waals surface area contributed by atoms with Crippen molar-refractivity contribution in [3.63, 3.8) is 0 Å². The molecule has 0 saturated carbocycles. The van der Waals surface area contributed by atoms with Crippen LogP contribution in [0.4, 0.5) is 0 Å². The molecule has 72 valence electrons. The quantitative estimate of drug-likeness (QED) is 0.520. The maximum Gasteiger partial charge on any atom is 0.0424 e. The van der Waals surface area contributed by atoms with E-state index in [0.717, 1.165) is 24.1 Å². The molecule has 0 aromatic carbocycles. The highest BCUT2D eigenvalue weighted by atomic mass is 14.7. The Balaban J connectivity index is 4.51. The van der Waals surface area contributed by atoms with Crippen LogP contribution < -0.4 is 5.73 Å². The molecule has 0 saturated heterocycles. The van der Waals surface area contributed by atoms with E-state index in [0.29, 0.717) is 5.92 Å². The lowest BCUT2D eigenvalue weighted by Gasteiger charge is -2.08. The Labute approximate surface area is 80.9 Å². The van der Waals surface area contributed by atoms with Gasteiger partial charge in [0.25, 0.3) is 0 Å². The van der Waals surface area contributed by atoms with E-state index in [9.17, 15) is 0 Å². The van der Waals surface area contributed by atoms with Crippen molar-refractivity contribution < 1.29 is 0 Å². The average Bonchev–Trinajstić information content (AvgIpc) is 2.04. The fourth-order valence-corrected chi connectivity index (χ4v) is 1.09. The number of nitrogens with two attached hydrogens (primary N) is 1. The lowest BCUT2D eigenvalue weighted by molar-refractivity contribution is 0.634. The molecule has 13 heavy (non-hydrogen) atoms. The van der Waals surface area contributed by atoms with Gasteiger partial charge in [0.05, 0.1) is 0 Å². The van der Waals surface area contributed by atoms with Crippen LogP contribution in [0.1, 0.15) is 33.6 Å². The number of hydrogen-bond donors (Lipinski definition) is 1. The van der Waals surface area contributed by atoms with Gasteiger partial charge in [0, 0.05) is 18.0 Å². The molecule has 0 aromatic heterocycles. The van der Waals surface area contributed by atoms with Crippen LogP contribution in [0.2, 0.25) is 0 Å². The Hall–Kier alpha value is -1.23. The first-order valence-corrected chi connectivity index (χ1v) is 4.57. The second-order valence-corrected chi connectivity index (χ2v) is 3.39. The van der Waals surface area contributed by atoms with Gasteiger partial charge >= 0.3 is 0 Å². The Kier molecular flexibility index (Phi) is 5.71. The first-order valence-electron chi connectivity index (χ1n) is 4.57. The van der Waals surface area contributed by atoms with Gasteiger partial charge in [0.15, 0.2) is 0 Å². The average molecular weight is 178 g/mol. The van der Waals surface area contributed by atoms with E-state index < -0.39 is 0 Å². The Morgan fingerprint density at radius 2 is 2.23 bits per heavy atom. The highest BCUT2D eigenvalue weighted by Gasteiger charge is 2.01. The third-order valence-corrected chi connectivity index (χ3v) is 1.72. The largest absolute Gasteiger partial charge is 0.402 e. The van der Waals surface area contributed by atoms with Crippen LogP contribution >= 0.6 is 0 Å². The lowest BCUT2D eigenvalue weighted by atomic mass is 10.0. The summed E-state index contributed by atoms with van der Waals surface area (Å²) in [6.07, 6.45) is 8.48. The highest BCUT2D eigenvalue weighted by molar-refractivity contribution is 5.80. The molecule has 0 atom stereocenters. The Bertz CT molecular complexity index is 241. The summed E-state index contributed by atoms with van der Waals surface area (Å²) < 4.78 is 0. The molecule has 0 amide bonds. The molecule has 0 unspecified atom stereocenters. The summed E-state index contributed by atoms with van der Waals surface area (Å²) in [6, 6.07) is 2.22. The molecular weight excluding hydrogens is 160 g/mol. The molecule has 0 spiro atoms. The normalized spacial score (nSPS) is 13.2. The predicted molar refractivity (Wildman–Crippen MR) is 58.3 cm³/mol. The van der Waals surface area contributed by atoms with Crippen LogP contribution in [0, 0.1) is 18.4 Å². The van der Waals surface area contributed by atoms with Crippen molar-refractivity contribution in [2.24, 2.45) is 16.6 Å². The second-order valence-electron chi connectivity index (χ2n) is 3.39. The van der Waals surface area contributed by atoms with Gasteiger partial charge in [-0.05, 0) is 24.3 Å². The molecule has 0 aliphatic carbocycles. The lowest BCUT2D eigenvalue weighted by Crippen LogP contribution is -2.06. The molecule has 0 bridgehead atoms. The van der Waals surface area contributed by atoms with Gasteiger partial charge in [0.2, 0.25) is 0 Å². The summed E-state index contributed by atoms with van der Waals surface area (Å²) >= 11 is 0. The van der Waals surface area contributed by atoms with E-state index >= 15 is 0 Å². The number of rotatable bonds is 4. The van der Waals surface area contributed by atoms with Crippen molar-refractivity contribution in [2.45, 2.75) is 33.6 Å². The van der Waals surface area contributed by atoms with E-state index in [1.807, 2.05) is 6.92 Å². The highest BCUT2D eigenvalue weighted by Crippen LogP contribution is 2.11. The van der Waals surface area contributed by atoms with Crippen LogP contribution in [0.25, 0.3) is 0 Å². The molecule has 0 heterocycles. The van der Waals surface area contributed by atoms with Crippen molar-refractivity contribution in [2.75, 3.05) is 0 Å². The van der Waals surface area contributed by atoms with Gasteiger partial charge in [0.1, 0.15) is 0 Å². The third kappa shape index (κ3) is 5.08. The molecule has 2 heteroatoms. The number of hydrogen-bond acceptors (Lipinski definition) is 2. The van der Waals surface area contributed by atoms with Crippen LogP contribution in [-0.4, -0.2) is 6.21 Å². The van der Waals surface area contributed by atoms with Crippen molar-refractivity contribution in [1.29, 1.82) is 0 Å². The molecule has 0 aliphatic rings. The number of terminal acetylenes is 1. The van der Waals surface area contributed by atoms with Crippen LogP contribution in [-0.2, 0) is 0 Å². The van der Waals surface area contributed by atoms with Crippen molar-refractivity contribution >= 4 is 6.21 Å². The topological polar surface area (TPSA) is 38.4 Å². The van der Waals surface area contributed by atoms with Gasteiger partial charge in [-0.25, -0.2) is 4.99 Å². The van der Waals surface area contributed by atoms with Gasteiger partial charge in [-0.2, -0.15) is 0 Å². The molecule has 2 N–H and O–H groups in total. The number of allylic oxidation sites excluding steroid dienone is 2. The molecule has 0 aromatic rings. The first-order chi connectivity index (χ1) is 6.11. The minimum Gasteiger partial charge on any atom is -0.402 e. The van der Waals surface area contributed by atoms with Gasteiger partial charge in [-0.15, -0.1) is 0 Å². The summed E-state index contributed by atoms with van der Waals surface area (Å²) in [5.41, 5.74) is 7.84. The van der Waals surface area contributed by atoms with E-state index in [4.69, 9.17) is 12.2 Å². The number of aliphatic imine (C=N–C) groups is 1. The van der Waals surface area contributed by atoms with E-state index in [-0.39, 0.29) is 0 Å². The SMILES string of the molecule is C#C/N=C\C(CC)=C(\N)CC(C)C. The second kappa shape index (κ2) is 6.30. The molecule has 0 rings (SSSR count). The summed E-state index contributed by atoms with van der Waals surface area (Å²) in [5.74, 6) is 0.570. The zero-order valence-corrected chi connectivity index (χ0v) is 8.67. The van der Waals surface area contributed by atoms with Gasteiger partial charge in [-0.3, -0.25) is 0 Å². The summed E-state index contributed by atoms with van der Waals surface area (Å²) in [7, 11) is 0. The van der Waals surface area contributed by atoms with Gasteiger partial charge < -0.3 is 5.73 Å². The van der Waals surface area contributed by atoms with Crippen molar-refractivity contribution in [1.82, 2.24) is 0 Å². The fourth-order valence-electron chi connectivity index (χ4n) is 1.09. The van der Waals surface area contributed by atoms with Gasteiger partial charge in [-0.1, -0.05) is 27.2 Å². The van der Waals surface area contributed by atoms with E-state index in [1.54, 1.807) is 6.21 Å². The van der Waals surface area contributed by atoms with Crippen LogP contribution in [0.5, 0.6) is 0 Å². The maximum absolute atomic E-state index is 5.89. The third-order valence-electron chi connectivity index (χ3n) is 1.72. The Morgan fingerprint density at radius 3 is 2.62 bits per heavy atom. The monoisotopic (exact) mass is 178 g/mol. The maximum atomic E-state index is 5.89. The molecule has 0 radical (unpaired) electrons. The minimum absolute atomic E-state index is 0.570. The summed E-state index contributed by atoms with van der Waals surface area (Å²) in [6.45, 7) is 6.32. The summed E-state index contributed by atoms with van der Waals surface area (Å²) in [5, 5.41) is 0. The molecular formula is C11H18N2. The van der Waals surface area contributed by atoms with E-state index in [2.05, 4.69) is 24.9 Å². The van der Waals surface area contributed by atoms with Crippen molar-refractivity contribution in [3.8, 4) is 12.5 Å². The smallest absolute Gasteiger partial charge is 0.0424 e. The Morgan fingerprint density at radius 1 is 1.62 bits per heavy atom. The molecule has 2 nitrogen and oxygen atoms in total. The first kappa shape index (κ1) is 11.8. The minimum atomic E-state index is 0.570.